The van der Waals surface area contributed by atoms with Gasteiger partial charge in [0.15, 0.2) is 0 Å². The Morgan fingerprint density at radius 1 is 0.968 bits per heavy atom. The second-order valence-electron chi connectivity index (χ2n) is 7.76. The Hall–Kier alpha value is -3.99. The number of benzene rings is 2. The van der Waals surface area contributed by atoms with E-state index in [0.717, 1.165) is 55.5 Å². The fraction of sp³-hybridized carbons (Fsp3) is 0.115. The zero-order valence-corrected chi connectivity index (χ0v) is 17.8. The summed E-state index contributed by atoms with van der Waals surface area (Å²) in [6.45, 7) is 4.18. The topological polar surface area (TPSA) is 65.2 Å². The Labute approximate surface area is 180 Å². The highest BCUT2D eigenvalue weighted by Crippen LogP contribution is 2.18. The molecule has 4 aromatic rings. The van der Waals surface area contributed by atoms with Gasteiger partial charge in [0.2, 0.25) is 0 Å². The van der Waals surface area contributed by atoms with E-state index in [9.17, 15) is 0 Å². The summed E-state index contributed by atoms with van der Waals surface area (Å²) in [4.78, 5) is 11.8. The minimum absolute atomic E-state index is 0.831. The lowest BCUT2D eigenvalue weighted by molar-refractivity contribution is 0.415. The minimum Gasteiger partial charge on any atom is -0.497 e. The summed E-state index contributed by atoms with van der Waals surface area (Å²) in [6, 6.07) is 20.4. The van der Waals surface area contributed by atoms with Crippen molar-refractivity contribution in [1.29, 1.82) is 0 Å². The van der Waals surface area contributed by atoms with Gasteiger partial charge in [-0.1, -0.05) is 18.2 Å². The van der Waals surface area contributed by atoms with Gasteiger partial charge in [-0.25, -0.2) is 4.99 Å². The summed E-state index contributed by atoms with van der Waals surface area (Å²) in [5.74, 6) is 0.831. The number of hydrogen-bond acceptors (Lipinski definition) is 3. The van der Waals surface area contributed by atoms with Crippen LogP contribution in [0, 0.1) is 13.8 Å². The molecule has 2 aromatic carbocycles. The molecule has 0 bridgehead atoms. The second-order valence-corrected chi connectivity index (χ2v) is 7.76. The standard InChI is InChI=1S/C26H24N4O/c1-16-12-17(2)27-22(16)14-25-24(28-19-8-10-20(31-3)11-9-19)15-26(30-25)23-13-18-6-4-5-7-21(18)29-23/h4-15,27-28,30H,1-3H3/b25-14+,26-23?. The van der Waals surface area contributed by atoms with Crippen LogP contribution in [0.5, 0.6) is 5.75 Å². The molecule has 3 N–H and O–H groups in total. The van der Waals surface area contributed by atoms with Crippen LogP contribution in [0.2, 0.25) is 0 Å². The van der Waals surface area contributed by atoms with Crippen LogP contribution in [-0.4, -0.2) is 17.1 Å². The van der Waals surface area contributed by atoms with E-state index < -0.39 is 0 Å². The van der Waals surface area contributed by atoms with E-state index in [2.05, 4.69) is 59.5 Å². The van der Waals surface area contributed by atoms with Crippen molar-refractivity contribution in [3.05, 3.63) is 98.9 Å². The Morgan fingerprint density at radius 2 is 1.77 bits per heavy atom. The molecule has 2 aromatic heterocycles. The van der Waals surface area contributed by atoms with Gasteiger partial charge in [0.1, 0.15) is 5.75 Å². The summed E-state index contributed by atoms with van der Waals surface area (Å²) in [5.41, 5.74) is 6.34. The van der Waals surface area contributed by atoms with Crippen LogP contribution in [0.1, 0.15) is 17.0 Å². The van der Waals surface area contributed by atoms with Crippen LogP contribution in [0.15, 0.2) is 65.7 Å². The molecular formula is C26H24N4O. The zero-order valence-electron chi connectivity index (χ0n) is 17.8. The molecular weight excluding hydrogens is 384 g/mol. The van der Waals surface area contributed by atoms with Crippen LogP contribution in [-0.2, 0) is 0 Å². The fourth-order valence-corrected chi connectivity index (χ4v) is 3.86. The van der Waals surface area contributed by atoms with Crippen LogP contribution < -0.4 is 31.3 Å². The SMILES string of the molecule is COc1ccc(Nc2cc(=C3C=c4ccccc4=N3)[nH]/c2=C/c2[nH]c(C)cc2C)cc1. The maximum absolute atomic E-state index is 5.28. The van der Waals surface area contributed by atoms with Crippen molar-refractivity contribution in [2.24, 2.45) is 4.99 Å². The number of hydrogen-bond donors (Lipinski definition) is 3. The lowest BCUT2D eigenvalue weighted by atomic mass is 10.2. The smallest absolute Gasteiger partial charge is 0.119 e. The molecule has 5 heteroatoms. The number of anilines is 2. The number of para-hydroxylation sites is 1. The van der Waals surface area contributed by atoms with Gasteiger partial charge in [0, 0.05) is 22.3 Å². The van der Waals surface area contributed by atoms with E-state index in [-0.39, 0.29) is 0 Å². The average Bonchev–Trinajstić information content (AvgIpc) is 3.46. The summed E-state index contributed by atoms with van der Waals surface area (Å²) in [7, 11) is 1.67. The van der Waals surface area contributed by atoms with E-state index in [1.165, 1.54) is 5.56 Å². The first-order valence-corrected chi connectivity index (χ1v) is 10.3. The third kappa shape index (κ3) is 3.78. The van der Waals surface area contributed by atoms with Crippen molar-refractivity contribution in [2.45, 2.75) is 13.8 Å². The lowest BCUT2D eigenvalue weighted by Crippen LogP contribution is -2.19. The molecule has 1 aliphatic heterocycles. The van der Waals surface area contributed by atoms with Crippen molar-refractivity contribution >= 4 is 29.2 Å². The van der Waals surface area contributed by atoms with Gasteiger partial charge < -0.3 is 20.0 Å². The molecule has 5 nitrogen and oxygen atoms in total. The van der Waals surface area contributed by atoms with Crippen LogP contribution in [0.3, 0.4) is 0 Å². The highest BCUT2D eigenvalue weighted by molar-refractivity contribution is 5.77. The van der Waals surface area contributed by atoms with E-state index in [1.807, 2.05) is 42.5 Å². The van der Waals surface area contributed by atoms with Crippen molar-refractivity contribution in [3.8, 4) is 5.75 Å². The molecule has 0 aliphatic carbocycles. The van der Waals surface area contributed by atoms with Gasteiger partial charge in [-0.3, -0.25) is 0 Å². The number of fused-ring (bicyclic) bond motifs is 1. The Morgan fingerprint density at radius 3 is 2.48 bits per heavy atom. The molecule has 0 saturated heterocycles. The number of H-pyrrole nitrogens is 2. The normalized spacial score (nSPS) is 14.7. The van der Waals surface area contributed by atoms with Gasteiger partial charge >= 0.3 is 0 Å². The quantitative estimate of drug-likeness (QED) is 0.486. The molecule has 3 heterocycles. The summed E-state index contributed by atoms with van der Waals surface area (Å²) < 4.78 is 5.28. The number of methoxy groups -OCH3 is 1. The van der Waals surface area contributed by atoms with Crippen LogP contribution in [0.4, 0.5) is 11.4 Å². The molecule has 0 fully saturated rings. The van der Waals surface area contributed by atoms with Crippen molar-refractivity contribution in [3.63, 3.8) is 0 Å². The largest absolute Gasteiger partial charge is 0.497 e. The molecule has 154 valence electrons. The van der Waals surface area contributed by atoms with Crippen molar-refractivity contribution in [1.82, 2.24) is 9.97 Å². The van der Waals surface area contributed by atoms with Gasteiger partial charge in [-0.15, -0.1) is 0 Å². The third-order valence-electron chi connectivity index (χ3n) is 5.44. The van der Waals surface area contributed by atoms with Gasteiger partial charge in [-0.05, 0) is 74.0 Å². The fourth-order valence-electron chi connectivity index (χ4n) is 3.86. The number of aryl methyl sites for hydroxylation is 2. The molecule has 0 atom stereocenters. The van der Waals surface area contributed by atoms with E-state index in [1.54, 1.807) is 7.11 Å². The molecule has 0 unspecified atom stereocenters. The predicted molar refractivity (Wildman–Crippen MR) is 125 cm³/mol. The zero-order chi connectivity index (χ0) is 21.4. The minimum atomic E-state index is 0.831. The first-order valence-electron chi connectivity index (χ1n) is 10.3. The maximum Gasteiger partial charge on any atom is 0.119 e. The monoisotopic (exact) mass is 408 g/mol. The van der Waals surface area contributed by atoms with E-state index >= 15 is 0 Å². The molecule has 0 spiro atoms. The molecule has 0 saturated carbocycles. The van der Waals surface area contributed by atoms with Crippen molar-refractivity contribution in [2.75, 3.05) is 12.4 Å². The number of rotatable bonds is 4. The van der Waals surface area contributed by atoms with Gasteiger partial charge in [0.05, 0.1) is 34.5 Å². The first-order chi connectivity index (χ1) is 15.1. The van der Waals surface area contributed by atoms with Crippen LogP contribution in [0.25, 0.3) is 17.8 Å². The second kappa shape index (κ2) is 7.69. The number of aromatic amines is 2. The summed E-state index contributed by atoms with van der Waals surface area (Å²) >= 11 is 0. The summed E-state index contributed by atoms with van der Waals surface area (Å²) in [5, 5.41) is 7.63. The molecule has 0 amide bonds. The first kappa shape index (κ1) is 19.0. The number of aromatic nitrogens is 2. The van der Waals surface area contributed by atoms with E-state index in [0.29, 0.717) is 0 Å². The van der Waals surface area contributed by atoms with Crippen LogP contribution >= 0.6 is 0 Å². The number of nitrogens with zero attached hydrogens (tertiary/aromatic N) is 1. The third-order valence-corrected chi connectivity index (χ3v) is 5.44. The maximum atomic E-state index is 5.28. The van der Waals surface area contributed by atoms with Gasteiger partial charge in [-0.2, -0.15) is 0 Å². The molecule has 0 radical (unpaired) electrons. The Kier molecular flexibility index (Phi) is 4.71. The molecule has 1 aliphatic rings. The molecule has 31 heavy (non-hydrogen) atoms. The van der Waals surface area contributed by atoms with Gasteiger partial charge in [0.25, 0.3) is 0 Å². The summed E-state index contributed by atoms with van der Waals surface area (Å²) in [6.07, 6.45) is 4.26. The average molecular weight is 409 g/mol. The highest BCUT2D eigenvalue weighted by atomic mass is 16.5. The lowest BCUT2D eigenvalue weighted by Gasteiger charge is -2.05. The highest BCUT2D eigenvalue weighted by Gasteiger charge is 2.07. The predicted octanol–water partition coefficient (Wildman–Crippen LogP) is 2.76. The molecule has 5 rings (SSSR count). The Bertz CT molecular complexity index is 1470. The van der Waals surface area contributed by atoms with Crippen molar-refractivity contribution < 1.29 is 4.74 Å². The number of nitrogens with one attached hydrogen (secondary N) is 3. The Balaban J connectivity index is 1.66. The van der Waals surface area contributed by atoms with E-state index in [4.69, 9.17) is 9.73 Å². The number of ether oxygens (including phenoxy) is 1.